The van der Waals surface area contributed by atoms with Crippen molar-refractivity contribution in [2.24, 2.45) is 4.99 Å². The van der Waals surface area contributed by atoms with E-state index in [1.807, 2.05) is 31.2 Å². The number of aliphatic imine (C=N–C) groups is 1. The van der Waals surface area contributed by atoms with Gasteiger partial charge in [-0.2, -0.15) is 0 Å². The molecule has 0 radical (unpaired) electrons. The lowest BCUT2D eigenvalue weighted by molar-refractivity contribution is -0.138. The number of phenolic OH excluding ortho intramolecular Hbond substituents is 2. The fraction of sp³-hybridized carbons (Fsp3) is 0.143. The number of hydrogen-bond donors (Lipinski definition) is 3. The molecular weight excluding hydrogens is 378 g/mol. The molecule has 7 heteroatoms. The summed E-state index contributed by atoms with van der Waals surface area (Å²) in [5, 5.41) is 30.6. The summed E-state index contributed by atoms with van der Waals surface area (Å²) < 4.78 is 5.06. The first-order valence-corrected chi connectivity index (χ1v) is 9.39. The minimum absolute atomic E-state index is 0.0293. The maximum absolute atomic E-state index is 12.4. The van der Waals surface area contributed by atoms with Crippen LogP contribution in [0.15, 0.2) is 63.7 Å². The van der Waals surface area contributed by atoms with Crippen LogP contribution in [0.25, 0.3) is 6.08 Å². The van der Waals surface area contributed by atoms with Crippen molar-refractivity contribution < 1.29 is 24.9 Å². The first kappa shape index (κ1) is 19.6. The summed E-state index contributed by atoms with van der Waals surface area (Å²) in [6.07, 6.45) is 1.48. The molecule has 2 aromatic rings. The van der Waals surface area contributed by atoms with Crippen LogP contribution in [-0.2, 0) is 9.53 Å². The van der Waals surface area contributed by atoms with E-state index in [1.54, 1.807) is 19.1 Å². The summed E-state index contributed by atoms with van der Waals surface area (Å²) in [6.45, 7) is 3.79. The molecular formula is C21H19NO5S. The van der Waals surface area contributed by atoms with Crippen LogP contribution in [0.3, 0.4) is 0 Å². The Kier molecular flexibility index (Phi) is 5.75. The van der Waals surface area contributed by atoms with E-state index >= 15 is 0 Å². The molecule has 0 aromatic heterocycles. The molecule has 0 saturated heterocycles. The fourth-order valence-corrected chi connectivity index (χ4v) is 3.56. The highest BCUT2D eigenvalue weighted by Gasteiger charge is 2.33. The monoisotopic (exact) mass is 397 g/mol. The van der Waals surface area contributed by atoms with Gasteiger partial charge in [0.25, 0.3) is 0 Å². The van der Waals surface area contributed by atoms with E-state index < -0.39 is 5.97 Å². The highest BCUT2D eigenvalue weighted by atomic mass is 32.2. The van der Waals surface area contributed by atoms with E-state index in [0.717, 1.165) is 17.3 Å². The summed E-state index contributed by atoms with van der Waals surface area (Å²) in [4.78, 5) is 17.2. The van der Waals surface area contributed by atoms with Crippen molar-refractivity contribution >= 4 is 34.5 Å². The van der Waals surface area contributed by atoms with Gasteiger partial charge >= 0.3 is 5.97 Å². The van der Waals surface area contributed by atoms with Gasteiger partial charge in [0, 0.05) is 5.56 Å². The molecule has 0 atom stereocenters. The number of rotatable bonds is 4. The first-order valence-electron chi connectivity index (χ1n) is 8.57. The summed E-state index contributed by atoms with van der Waals surface area (Å²) >= 11 is 1.08. The van der Waals surface area contributed by atoms with Crippen LogP contribution in [0, 0.1) is 6.92 Å². The van der Waals surface area contributed by atoms with Gasteiger partial charge in [-0.05, 0) is 38.1 Å². The number of hydrogen-bond acceptors (Lipinski definition) is 7. The standard InChI is InChI=1S/C21H19NO5S/c1-3-27-21(26)17-19(25)16(11-13-5-4-6-15(23)18(13)24)28-20(17)22-14-9-7-12(2)8-10-14/h4-11,23-25H,3H2,1-2H3/b16-11+,22-20?. The van der Waals surface area contributed by atoms with Crippen molar-refractivity contribution in [1.82, 2.24) is 0 Å². The highest BCUT2D eigenvalue weighted by molar-refractivity contribution is 8.18. The van der Waals surface area contributed by atoms with Crippen molar-refractivity contribution in [1.29, 1.82) is 0 Å². The van der Waals surface area contributed by atoms with Gasteiger partial charge in [0.2, 0.25) is 0 Å². The van der Waals surface area contributed by atoms with Gasteiger partial charge in [0.15, 0.2) is 11.5 Å². The second kappa shape index (κ2) is 8.22. The third-order valence-corrected chi connectivity index (χ3v) is 4.99. The predicted octanol–water partition coefficient (Wildman–Crippen LogP) is 4.60. The molecule has 0 saturated carbocycles. The Morgan fingerprint density at radius 1 is 1.14 bits per heavy atom. The fourth-order valence-electron chi connectivity index (χ4n) is 2.53. The topological polar surface area (TPSA) is 99.4 Å². The molecule has 0 amide bonds. The molecule has 0 unspecified atom stereocenters. The molecule has 2 aromatic carbocycles. The first-order chi connectivity index (χ1) is 13.4. The average Bonchev–Trinajstić information content (AvgIpc) is 2.96. The number of benzene rings is 2. The van der Waals surface area contributed by atoms with Crippen LogP contribution in [0.2, 0.25) is 0 Å². The molecule has 6 nitrogen and oxygen atoms in total. The lowest BCUT2D eigenvalue weighted by atomic mass is 10.1. The van der Waals surface area contributed by atoms with E-state index in [9.17, 15) is 20.1 Å². The van der Waals surface area contributed by atoms with Gasteiger partial charge in [-0.3, -0.25) is 0 Å². The number of para-hydroxylation sites is 1. The van der Waals surface area contributed by atoms with Gasteiger partial charge in [-0.25, -0.2) is 9.79 Å². The second-order valence-electron chi connectivity index (χ2n) is 6.02. The Hall–Kier alpha value is -3.19. The molecule has 0 spiro atoms. The number of carbonyl (C=O) groups excluding carboxylic acids is 1. The Morgan fingerprint density at radius 2 is 1.86 bits per heavy atom. The van der Waals surface area contributed by atoms with E-state index in [1.165, 1.54) is 12.1 Å². The van der Waals surface area contributed by atoms with Crippen molar-refractivity contribution in [3.8, 4) is 11.5 Å². The normalized spacial score (nSPS) is 16.8. The summed E-state index contributed by atoms with van der Waals surface area (Å²) in [5.74, 6) is -1.55. The van der Waals surface area contributed by atoms with Crippen LogP contribution in [0.5, 0.6) is 11.5 Å². The molecule has 0 aliphatic carbocycles. The van der Waals surface area contributed by atoms with Crippen LogP contribution >= 0.6 is 11.8 Å². The zero-order valence-electron chi connectivity index (χ0n) is 15.3. The van der Waals surface area contributed by atoms with Crippen LogP contribution < -0.4 is 0 Å². The number of aliphatic hydroxyl groups is 1. The third kappa shape index (κ3) is 4.04. The summed E-state index contributed by atoms with van der Waals surface area (Å²) in [7, 11) is 0. The van der Waals surface area contributed by atoms with Crippen molar-refractivity contribution in [3.05, 3.63) is 69.8 Å². The maximum atomic E-state index is 12.4. The van der Waals surface area contributed by atoms with Crippen molar-refractivity contribution in [2.75, 3.05) is 6.61 Å². The number of phenols is 2. The van der Waals surface area contributed by atoms with Gasteiger partial charge in [-0.15, -0.1) is 0 Å². The lowest BCUT2D eigenvalue weighted by Gasteiger charge is -2.04. The second-order valence-corrected chi connectivity index (χ2v) is 7.05. The number of aromatic hydroxyl groups is 2. The summed E-state index contributed by atoms with van der Waals surface area (Å²) in [5.41, 5.74) is 1.98. The van der Waals surface area contributed by atoms with Crippen molar-refractivity contribution in [2.45, 2.75) is 13.8 Å². The van der Waals surface area contributed by atoms with Gasteiger partial charge in [0.05, 0.1) is 17.2 Å². The number of ether oxygens (including phenoxy) is 1. The average molecular weight is 397 g/mol. The van der Waals surface area contributed by atoms with E-state index in [0.29, 0.717) is 21.2 Å². The zero-order chi connectivity index (χ0) is 20.3. The van der Waals surface area contributed by atoms with Crippen LogP contribution in [0.4, 0.5) is 5.69 Å². The Morgan fingerprint density at radius 3 is 2.54 bits per heavy atom. The van der Waals surface area contributed by atoms with E-state index in [2.05, 4.69) is 4.99 Å². The number of thioether (sulfide) groups is 1. The SMILES string of the molecule is CCOC(=O)C1=C(O)/C(=C\c2cccc(O)c2O)SC1=Nc1ccc(C)cc1. The zero-order valence-corrected chi connectivity index (χ0v) is 16.2. The van der Waals surface area contributed by atoms with Gasteiger partial charge in [-0.1, -0.05) is 41.6 Å². The number of nitrogens with zero attached hydrogens (tertiary/aromatic N) is 1. The molecule has 0 bridgehead atoms. The van der Waals surface area contributed by atoms with E-state index in [4.69, 9.17) is 4.74 Å². The Bertz CT molecular complexity index is 1010. The van der Waals surface area contributed by atoms with Crippen LogP contribution in [-0.4, -0.2) is 32.9 Å². The van der Waals surface area contributed by atoms with Gasteiger partial charge < -0.3 is 20.1 Å². The summed E-state index contributed by atoms with van der Waals surface area (Å²) in [6, 6.07) is 11.9. The Balaban J connectivity index is 2.07. The quantitative estimate of drug-likeness (QED) is 0.515. The molecule has 28 heavy (non-hydrogen) atoms. The largest absolute Gasteiger partial charge is 0.506 e. The highest BCUT2D eigenvalue weighted by Crippen LogP contribution is 2.41. The number of aliphatic hydroxyl groups excluding tert-OH is 1. The molecule has 3 rings (SSSR count). The minimum Gasteiger partial charge on any atom is -0.506 e. The number of carbonyl (C=O) groups is 1. The van der Waals surface area contributed by atoms with Crippen molar-refractivity contribution in [3.63, 3.8) is 0 Å². The molecule has 3 N–H and O–H groups in total. The number of esters is 1. The van der Waals surface area contributed by atoms with Crippen LogP contribution in [0.1, 0.15) is 18.1 Å². The molecule has 1 aliphatic heterocycles. The van der Waals surface area contributed by atoms with Gasteiger partial charge in [0.1, 0.15) is 16.4 Å². The predicted molar refractivity (Wildman–Crippen MR) is 110 cm³/mol. The molecule has 0 fully saturated rings. The van der Waals surface area contributed by atoms with E-state index in [-0.39, 0.29) is 29.4 Å². The molecule has 1 heterocycles. The minimum atomic E-state index is -0.679. The lowest BCUT2D eigenvalue weighted by Crippen LogP contribution is -2.12. The smallest absolute Gasteiger partial charge is 0.344 e. The third-order valence-electron chi connectivity index (χ3n) is 3.97. The number of aryl methyl sites for hydroxylation is 1. The molecule has 144 valence electrons. The maximum Gasteiger partial charge on any atom is 0.344 e. The molecule has 1 aliphatic rings. The Labute approximate surface area is 166 Å².